The van der Waals surface area contributed by atoms with Gasteiger partial charge in [-0.3, -0.25) is 19.7 Å². The first kappa shape index (κ1) is 27.7. The highest BCUT2D eigenvalue weighted by molar-refractivity contribution is 6.03. The molecular weight excluding hydrogens is 494 g/mol. The quantitative estimate of drug-likeness (QED) is 0.557. The van der Waals surface area contributed by atoms with Crippen molar-refractivity contribution in [1.82, 2.24) is 15.5 Å². The van der Waals surface area contributed by atoms with Crippen molar-refractivity contribution < 1.29 is 38.1 Å². The number of carbonyl (C=O) groups excluding carboxylic acids is 4. The van der Waals surface area contributed by atoms with Gasteiger partial charge in [0.25, 0.3) is 5.91 Å². The van der Waals surface area contributed by atoms with E-state index in [1.54, 1.807) is 23.1 Å². The highest BCUT2D eigenvalue weighted by Crippen LogP contribution is 2.36. The van der Waals surface area contributed by atoms with Gasteiger partial charge in [-0.25, -0.2) is 4.79 Å². The van der Waals surface area contributed by atoms with Gasteiger partial charge < -0.3 is 29.2 Å². The van der Waals surface area contributed by atoms with Crippen LogP contribution in [0, 0.1) is 0 Å². The normalized spacial score (nSPS) is 24.7. The number of rotatable bonds is 2. The molecule has 2 bridgehead atoms. The molecule has 4 amide bonds. The van der Waals surface area contributed by atoms with Crippen LogP contribution in [0.4, 0.5) is 4.79 Å². The largest absolute Gasteiger partial charge is 0.490 e. The molecule has 5 rings (SSSR count). The Bertz CT molecular complexity index is 1050. The Balaban J connectivity index is 1.44. The van der Waals surface area contributed by atoms with Crippen molar-refractivity contribution in [3.63, 3.8) is 0 Å². The van der Waals surface area contributed by atoms with E-state index in [2.05, 4.69) is 10.6 Å². The molecule has 1 atom stereocenters. The lowest BCUT2D eigenvalue weighted by Gasteiger charge is -2.42. The molecule has 1 unspecified atom stereocenters. The van der Waals surface area contributed by atoms with Crippen molar-refractivity contribution in [3.05, 3.63) is 23.8 Å². The number of piperidine rings is 1. The zero-order valence-corrected chi connectivity index (χ0v) is 22.2. The van der Waals surface area contributed by atoms with Gasteiger partial charge in [0, 0.05) is 44.0 Å². The topological polar surface area (TPSA) is 132 Å². The van der Waals surface area contributed by atoms with E-state index in [0.717, 1.165) is 12.8 Å². The highest BCUT2D eigenvalue weighted by atomic mass is 16.6. The van der Waals surface area contributed by atoms with Crippen LogP contribution in [0.3, 0.4) is 0 Å². The summed E-state index contributed by atoms with van der Waals surface area (Å²) in [5.41, 5.74) is -0.270. The summed E-state index contributed by atoms with van der Waals surface area (Å²) in [4.78, 5) is 50.8. The second-order valence-electron chi connectivity index (χ2n) is 10.8. The molecule has 0 spiro atoms. The Kier molecular flexibility index (Phi) is 8.76. The van der Waals surface area contributed by atoms with Crippen LogP contribution in [-0.2, 0) is 19.1 Å². The molecule has 11 heteroatoms. The molecule has 3 aliphatic heterocycles. The summed E-state index contributed by atoms with van der Waals surface area (Å²) in [6, 6.07) is 4.12. The Morgan fingerprint density at radius 1 is 1.08 bits per heavy atom. The molecular formula is C27H37N3O8. The second kappa shape index (κ2) is 12.0. The van der Waals surface area contributed by atoms with E-state index in [0.29, 0.717) is 56.3 Å². The molecule has 1 aromatic rings. The summed E-state index contributed by atoms with van der Waals surface area (Å²) in [6.45, 7) is 7.36. The van der Waals surface area contributed by atoms with Gasteiger partial charge in [0.15, 0.2) is 11.5 Å². The first-order chi connectivity index (χ1) is 18.1. The SMILES string of the molecule is CC(C)(C)OC(=O)N1CCOCCCCOc2cc(C(=O)NC3CCC(=O)NC3=O)ccc2O[C@H]2C[C@H]1C2. The number of carbonyl (C=O) groups is 4. The first-order valence-electron chi connectivity index (χ1n) is 13.2. The van der Waals surface area contributed by atoms with Gasteiger partial charge >= 0.3 is 6.09 Å². The van der Waals surface area contributed by atoms with Crippen molar-refractivity contribution in [3.8, 4) is 11.5 Å². The fourth-order valence-corrected chi connectivity index (χ4v) is 4.50. The summed E-state index contributed by atoms with van der Waals surface area (Å²) >= 11 is 0. The number of nitrogens with zero attached hydrogens (tertiary/aromatic N) is 1. The Hall–Kier alpha value is -3.34. The van der Waals surface area contributed by atoms with Crippen molar-refractivity contribution in [2.75, 3.05) is 26.4 Å². The Labute approximate surface area is 222 Å². The predicted octanol–water partition coefficient (Wildman–Crippen LogP) is 2.56. The van der Waals surface area contributed by atoms with Gasteiger partial charge in [0.05, 0.1) is 13.2 Å². The molecule has 0 radical (unpaired) electrons. The van der Waals surface area contributed by atoms with Crippen LogP contribution in [0.25, 0.3) is 0 Å². The van der Waals surface area contributed by atoms with Crippen molar-refractivity contribution in [2.45, 2.75) is 83.1 Å². The summed E-state index contributed by atoms with van der Waals surface area (Å²) in [5, 5.41) is 4.93. The molecule has 0 aromatic heterocycles. The van der Waals surface area contributed by atoms with Crippen molar-refractivity contribution in [2.24, 2.45) is 0 Å². The lowest BCUT2D eigenvalue weighted by Crippen LogP contribution is -2.53. The maximum absolute atomic E-state index is 12.9. The fourth-order valence-electron chi connectivity index (χ4n) is 4.50. The number of amides is 4. The van der Waals surface area contributed by atoms with Crippen LogP contribution in [-0.4, -0.2) is 78.9 Å². The van der Waals surface area contributed by atoms with Crippen LogP contribution in [0.15, 0.2) is 18.2 Å². The van der Waals surface area contributed by atoms with E-state index >= 15 is 0 Å². The van der Waals surface area contributed by atoms with Gasteiger partial charge in [-0.05, 0) is 58.2 Å². The van der Waals surface area contributed by atoms with Crippen LogP contribution in [0.2, 0.25) is 0 Å². The third kappa shape index (κ3) is 7.37. The highest BCUT2D eigenvalue weighted by Gasteiger charge is 2.39. The first-order valence-corrected chi connectivity index (χ1v) is 13.2. The van der Waals surface area contributed by atoms with E-state index in [-0.39, 0.29) is 37.0 Å². The molecule has 3 heterocycles. The minimum atomic E-state index is -0.769. The van der Waals surface area contributed by atoms with E-state index in [1.165, 1.54) is 0 Å². The minimum Gasteiger partial charge on any atom is -0.490 e. The third-order valence-corrected chi connectivity index (χ3v) is 6.60. The Morgan fingerprint density at radius 3 is 2.58 bits per heavy atom. The molecule has 38 heavy (non-hydrogen) atoms. The van der Waals surface area contributed by atoms with Gasteiger partial charge in [0.1, 0.15) is 17.7 Å². The maximum Gasteiger partial charge on any atom is 0.410 e. The van der Waals surface area contributed by atoms with Crippen LogP contribution >= 0.6 is 0 Å². The van der Waals surface area contributed by atoms with E-state index in [4.69, 9.17) is 18.9 Å². The van der Waals surface area contributed by atoms with Crippen LogP contribution in [0.5, 0.6) is 11.5 Å². The number of ether oxygens (including phenoxy) is 4. The smallest absolute Gasteiger partial charge is 0.410 e. The third-order valence-electron chi connectivity index (χ3n) is 6.60. The van der Waals surface area contributed by atoms with Crippen molar-refractivity contribution in [1.29, 1.82) is 0 Å². The average molecular weight is 532 g/mol. The van der Waals surface area contributed by atoms with Gasteiger partial charge in [-0.2, -0.15) is 0 Å². The molecule has 1 saturated carbocycles. The summed E-state index contributed by atoms with van der Waals surface area (Å²) < 4.78 is 23.6. The molecule has 4 aliphatic rings. The van der Waals surface area contributed by atoms with E-state index < -0.39 is 23.5 Å². The van der Waals surface area contributed by atoms with Gasteiger partial charge in [-0.15, -0.1) is 0 Å². The fraction of sp³-hybridized carbons (Fsp3) is 0.630. The number of hydrogen-bond acceptors (Lipinski definition) is 8. The van der Waals surface area contributed by atoms with Gasteiger partial charge in [0.2, 0.25) is 11.8 Å². The van der Waals surface area contributed by atoms with Crippen molar-refractivity contribution >= 4 is 23.8 Å². The number of hydrogen-bond donors (Lipinski definition) is 2. The summed E-state index contributed by atoms with van der Waals surface area (Å²) in [6.07, 6.45) is 2.72. The molecule has 11 nitrogen and oxygen atoms in total. The molecule has 1 aliphatic carbocycles. The summed E-state index contributed by atoms with van der Waals surface area (Å²) in [5.74, 6) is -0.339. The molecule has 1 saturated heterocycles. The summed E-state index contributed by atoms with van der Waals surface area (Å²) in [7, 11) is 0. The zero-order chi connectivity index (χ0) is 27.3. The second-order valence-corrected chi connectivity index (χ2v) is 10.8. The molecule has 2 N–H and O–H groups in total. The predicted molar refractivity (Wildman–Crippen MR) is 136 cm³/mol. The van der Waals surface area contributed by atoms with Crippen LogP contribution in [0.1, 0.15) is 69.7 Å². The van der Waals surface area contributed by atoms with E-state index in [1.807, 2.05) is 20.8 Å². The standard InChI is InChI=1S/C27H37N3O8/c1-27(2,3)38-26(34)30-10-13-35-11-4-5-12-36-22-14-17(6-8-21(22)37-19-15-18(30)16-19)24(32)28-20-7-9-23(31)29-25(20)33/h6,8,14,18-20H,4-5,7,9-13,15-16H2,1-3H3,(H,28,32)(H,29,31,33)/t18-,19-,20?. The minimum absolute atomic E-state index is 0.0217. The Morgan fingerprint density at radius 2 is 1.84 bits per heavy atom. The number of nitrogens with one attached hydrogen (secondary N) is 2. The number of fused-ring (bicyclic) bond motifs is 8. The number of benzene rings is 1. The van der Waals surface area contributed by atoms with Gasteiger partial charge in [-0.1, -0.05) is 0 Å². The monoisotopic (exact) mass is 531 g/mol. The molecule has 208 valence electrons. The average Bonchev–Trinajstić information content (AvgIpc) is 2.82. The molecule has 1 aromatic carbocycles. The van der Waals surface area contributed by atoms with E-state index in [9.17, 15) is 19.2 Å². The van der Waals surface area contributed by atoms with Crippen LogP contribution < -0.4 is 20.1 Å². The lowest BCUT2D eigenvalue weighted by molar-refractivity contribution is -0.134. The lowest BCUT2D eigenvalue weighted by atomic mass is 9.88. The maximum atomic E-state index is 12.9. The molecule has 2 fully saturated rings. The number of imide groups is 1. The zero-order valence-electron chi connectivity index (χ0n) is 22.2.